The minimum Gasteiger partial charge on any atom is -0.373 e. The normalized spacial score (nSPS) is 15.7. The summed E-state index contributed by atoms with van der Waals surface area (Å²) in [5.74, 6) is 1.14. The lowest BCUT2D eigenvalue weighted by atomic mass is 10.0. The van der Waals surface area contributed by atoms with Crippen molar-refractivity contribution in [2.45, 2.75) is 38.8 Å². The van der Waals surface area contributed by atoms with Crippen LogP contribution in [0.4, 0.5) is 5.82 Å². The molecule has 9 heteroatoms. The quantitative estimate of drug-likeness (QED) is 0.565. The molecule has 0 radical (unpaired) electrons. The number of nitrogens with one attached hydrogen (secondary N) is 1. The fourth-order valence-electron chi connectivity index (χ4n) is 3.90. The first kappa shape index (κ1) is 22.4. The molecule has 3 heterocycles. The minimum absolute atomic E-state index is 0.0301. The van der Waals surface area contributed by atoms with Crippen molar-refractivity contribution in [2.24, 2.45) is 0 Å². The van der Waals surface area contributed by atoms with E-state index in [1.54, 1.807) is 20.2 Å². The molecule has 0 saturated carbocycles. The maximum Gasteiger partial charge on any atom is 0.292 e. The second-order valence-corrected chi connectivity index (χ2v) is 8.20. The number of carbonyl (C=O) groups is 2. The predicted molar refractivity (Wildman–Crippen MR) is 122 cm³/mol. The SMILES string of the molecule is CCc1cc(C(=O)N(C)Cc2nc(NC)cc([C@@H]3CC(=O)N(Cc4ccccc4)C3)n2)on1. The summed E-state index contributed by atoms with van der Waals surface area (Å²) in [4.78, 5) is 37.9. The van der Waals surface area contributed by atoms with Crippen molar-refractivity contribution in [1.29, 1.82) is 0 Å². The highest BCUT2D eigenvalue weighted by Crippen LogP contribution is 2.29. The smallest absolute Gasteiger partial charge is 0.292 e. The zero-order valence-electron chi connectivity index (χ0n) is 19.1. The third kappa shape index (κ3) is 5.19. The summed E-state index contributed by atoms with van der Waals surface area (Å²) in [5, 5.41) is 6.94. The molecule has 1 saturated heterocycles. The van der Waals surface area contributed by atoms with Crippen molar-refractivity contribution in [3.63, 3.8) is 0 Å². The number of nitrogens with zero attached hydrogens (tertiary/aromatic N) is 5. The summed E-state index contributed by atoms with van der Waals surface area (Å²) in [6.07, 6.45) is 1.09. The standard InChI is InChI=1S/C24H28N6O3/c1-4-18-11-20(33-28-18)24(32)29(3)15-22-26-19(12-21(25-2)27-22)17-10-23(31)30(14-17)13-16-8-6-5-7-9-16/h5-9,11-12,17H,4,10,13-15H2,1-3H3,(H,25,26,27)/t17-/m1/s1. The van der Waals surface area contributed by atoms with Crippen LogP contribution in [0, 0.1) is 0 Å². The van der Waals surface area contributed by atoms with Gasteiger partial charge in [0.1, 0.15) is 11.6 Å². The molecule has 1 atom stereocenters. The Morgan fingerprint density at radius 3 is 2.73 bits per heavy atom. The van der Waals surface area contributed by atoms with Crippen molar-refractivity contribution >= 4 is 17.6 Å². The molecule has 172 valence electrons. The predicted octanol–water partition coefficient (Wildman–Crippen LogP) is 2.86. The van der Waals surface area contributed by atoms with Gasteiger partial charge in [0.2, 0.25) is 11.7 Å². The van der Waals surface area contributed by atoms with Gasteiger partial charge in [0.25, 0.3) is 5.91 Å². The van der Waals surface area contributed by atoms with Crippen LogP contribution in [0.3, 0.4) is 0 Å². The van der Waals surface area contributed by atoms with Gasteiger partial charge >= 0.3 is 0 Å². The van der Waals surface area contributed by atoms with Crippen LogP contribution in [0.25, 0.3) is 0 Å². The van der Waals surface area contributed by atoms with Gasteiger partial charge in [-0.2, -0.15) is 0 Å². The van der Waals surface area contributed by atoms with E-state index in [-0.39, 0.29) is 30.0 Å². The van der Waals surface area contributed by atoms with Crippen molar-refractivity contribution < 1.29 is 14.1 Å². The average molecular weight is 449 g/mol. The number of aryl methyl sites for hydroxylation is 1. The van der Waals surface area contributed by atoms with Crippen LogP contribution >= 0.6 is 0 Å². The Bertz CT molecular complexity index is 1130. The van der Waals surface area contributed by atoms with Gasteiger partial charge in [-0.05, 0) is 12.0 Å². The lowest BCUT2D eigenvalue weighted by Gasteiger charge is -2.18. The lowest BCUT2D eigenvalue weighted by molar-refractivity contribution is -0.128. The molecule has 0 aliphatic carbocycles. The molecule has 2 amide bonds. The number of benzene rings is 1. The van der Waals surface area contributed by atoms with Gasteiger partial charge in [-0.1, -0.05) is 42.4 Å². The molecule has 3 aromatic rings. The fraction of sp³-hybridized carbons (Fsp3) is 0.375. The van der Waals surface area contributed by atoms with Crippen molar-refractivity contribution in [3.8, 4) is 0 Å². The van der Waals surface area contributed by atoms with Gasteiger partial charge in [-0.3, -0.25) is 9.59 Å². The molecule has 2 aromatic heterocycles. The summed E-state index contributed by atoms with van der Waals surface area (Å²) in [7, 11) is 3.46. The number of rotatable bonds is 8. The molecular formula is C24H28N6O3. The zero-order valence-corrected chi connectivity index (χ0v) is 19.1. The maximum absolute atomic E-state index is 12.7. The number of hydrogen-bond donors (Lipinski definition) is 1. The molecule has 0 bridgehead atoms. The fourth-order valence-corrected chi connectivity index (χ4v) is 3.90. The van der Waals surface area contributed by atoms with Crippen LogP contribution in [-0.4, -0.2) is 57.4 Å². The Labute approximate surface area is 192 Å². The molecule has 0 unspecified atom stereocenters. The third-order valence-corrected chi connectivity index (χ3v) is 5.75. The van der Waals surface area contributed by atoms with E-state index in [0.717, 1.165) is 17.0 Å². The van der Waals surface area contributed by atoms with E-state index in [1.807, 2.05) is 48.2 Å². The number of carbonyl (C=O) groups excluding carboxylic acids is 2. The van der Waals surface area contributed by atoms with Crippen molar-refractivity contribution in [2.75, 3.05) is 26.0 Å². The van der Waals surface area contributed by atoms with Gasteiger partial charge in [-0.15, -0.1) is 0 Å². The van der Waals surface area contributed by atoms with Crippen molar-refractivity contribution in [3.05, 3.63) is 71.0 Å². The molecule has 0 spiro atoms. The van der Waals surface area contributed by atoms with E-state index in [1.165, 1.54) is 4.90 Å². The Kier molecular flexibility index (Phi) is 6.67. The Morgan fingerprint density at radius 2 is 2.03 bits per heavy atom. The van der Waals surface area contributed by atoms with Crippen LogP contribution in [0.5, 0.6) is 0 Å². The van der Waals surface area contributed by atoms with E-state index in [2.05, 4.69) is 15.5 Å². The topological polar surface area (TPSA) is 104 Å². The molecular weight excluding hydrogens is 420 g/mol. The van der Waals surface area contributed by atoms with Gasteiger partial charge in [0, 0.05) is 51.7 Å². The van der Waals surface area contributed by atoms with Gasteiger partial charge in [-0.25, -0.2) is 9.97 Å². The largest absolute Gasteiger partial charge is 0.373 e. The summed E-state index contributed by atoms with van der Waals surface area (Å²) in [6.45, 7) is 3.34. The van der Waals surface area contributed by atoms with Gasteiger partial charge in [0.15, 0.2) is 0 Å². The van der Waals surface area contributed by atoms with Crippen LogP contribution < -0.4 is 5.32 Å². The second kappa shape index (κ2) is 9.81. The Hall–Kier alpha value is -3.75. The van der Waals surface area contributed by atoms with E-state index in [0.29, 0.717) is 37.6 Å². The van der Waals surface area contributed by atoms with Crippen LogP contribution in [-0.2, 0) is 24.3 Å². The molecule has 1 aliphatic heterocycles. The summed E-state index contributed by atoms with van der Waals surface area (Å²) in [6, 6.07) is 13.5. The molecule has 9 nitrogen and oxygen atoms in total. The summed E-state index contributed by atoms with van der Waals surface area (Å²) in [5.41, 5.74) is 2.63. The molecule has 1 aliphatic rings. The van der Waals surface area contributed by atoms with Gasteiger partial charge < -0.3 is 19.6 Å². The number of likely N-dealkylation sites (tertiary alicyclic amines) is 1. The third-order valence-electron chi connectivity index (χ3n) is 5.75. The second-order valence-electron chi connectivity index (χ2n) is 8.20. The Balaban J connectivity index is 1.48. The molecule has 1 fully saturated rings. The first-order chi connectivity index (χ1) is 16.0. The van der Waals surface area contributed by atoms with Gasteiger partial charge in [0.05, 0.1) is 17.9 Å². The molecule has 33 heavy (non-hydrogen) atoms. The number of hydrogen-bond acceptors (Lipinski definition) is 7. The lowest BCUT2D eigenvalue weighted by Crippen LogP contribution is -2.27. The number of anilines is 1. The maximum atomic E-state index is 12.7. The van der Waals surface area contributed by atoms with E-state index >= 15 is 0 Å². The first-order valence-corrected chi connectivity index (χ1v) is 11.0. The van der Waals surface area contributed by atoms with E-state index < -0.39 is 0 Å². The molecule has 1 N–H and O–H groups in total. The summed E-state index contributed by atoms with van der Waals surface area (Å²) >= 11 is 0. The van der Waals surface area contributed by atoms with E-state index in [9.17, 15) is 9.59 Å². The highest BCUT2D eigenvalue weighted by atomic mass is 16.5. The highest BCUT2D eigenvalue weighted by molar-refractivity contribution is 5.91. The minimum atomic E-state index is -0.285. The van der Waals surface area contributed by atoms with Crippen LogP contribution in [0.15, 0.2) is 47.0 Å². The van der Waals surface area contributed by atoms with Crippen molar-refractivity contribution in [1.82, 2.24) is 24.9 Å². The molecule has 4 rings (SSSR count). The Morgan fingerprint density at radius 1 is 1.24 bits per heavy atom. The van der Waals surface area contributed by atoms with Crippen LogP contribution in [0.1, 0.15) is 52.6 Å². The molecule has 1 aromatic carbocycles. The monoisotopic (exact) mass is 448 g/mol. The van der Waals surface area contributed by atoms with E-state index in [4.69, 9.17) is 9.51 Å². The number of aromatic nitrogens is 3. The summed E-state index contributed by atoms with van der Waals surface area (Å²) < 4.78 is 5.16. The van der Waals surface area contributed by atoms with Crippen LogP contribution in [0.2, 0.25) is 0 Å². The first-order valence-electron chi connectivity index (χ1n) is 11.0. The average Bonchev–Trinajstić information content (AvgIpc) is 3.46. The zero-order chi connectivity index (χ0) is 23.4. The number of amides is 2. The highest BCUT2D eigenvalue weighted by Gasteiger charge is 2.32.